The Morgan fingerprint density at radius 1 is 1.17 bits per heavy atom. The molecule has 0 aliphatic carbocycles. The van der Waals surface area contributed by atoms with Gasteiger partial charge < -0.3 is 20.3 Å². The molecule has 3 aromatic rings. The number of methoxy groups -OCH3 is 1. The summed E-state index contributed by atoms with van der Waals surface area (Å²) in [6, 6.07) is 11.1. The molecule has 2 atom stereocenters. The van der Waals surface area contributed by atoms with E-state index in [1.54, 1.807) is 18.2 Å². The lowest BCUT2D eigenvalue weighted by molar-refractivity contribution is -0.148. The van der Waals surface area contributed by atoms with Gasteiger partial charge in [0.15, 0.2) is 6.10 Å². The molecule has 10 heteroatoms. The average Bonchev–Trinajstić information content (AvgIpc) is 3.13. The number of H-pyrrole nitrogens is 1. The third kappa shape index (κ3) is 4.23. The number of para-hydroxylation sites is 1. The van der Waals surface area contributed by atoms with E-state index in [4.69, 9.17) is 4.74 Å². The Hall–Kier alpha value is -3.92. The molecular formula is C20H18FN3O6. The summed E-state index contributed by atoms with van der Waals surface area (Å²) in [5.41, 5.74) is -0.429. The van der Waals surface area contributed by atoms with Crippen molar-refractivity contribution in [3.05, 3.63) is 82.0 Å². The Morgan fingerprint density at radius 2 is 1.90 bits per heavy atom. The number of aliphatic hydroxyl groups excluding tert-OH is 1. The van der Waals surface area contributed by atoms with Crippen LogP contribution in [-0.2, 0) is 4.79 Å². The summed E-state index contributed by atoms with van der Waals surface area (Å²) in [4.78, 5) is 36.3. The van der Waals surface area contributed by atoms with Gasteiger partial charge in [0.1, 0.15) is 17.3 Å². The topological polar surface area (TPSA) is 134 Å². The molecule has 0 unspecified atom stereocenters. The highest BCUT2D eigenvalue weighted by atomic mass is 19.1. The minimum absolute atomic E-state index is 0.172. The summed E-state index contributed by atoms with van der Waals surface area (Å²) in [7, 11) is 1.36. The van der Waals surface area contributed by atoms with Crippen LogP contribution in [0.4, 0.5) is 4.39 Å². The quantitative estimate of drug-likeness (QED) is 0.459. The zero-order chi connectivity index (χ0) is 21.8. The van der Waals surface area contributed by atoms with Crippen molar-refractivity contribution in [2.75, 3.05) is 7.11 Å². The maximum atomic E-state index is 13.4. The average molecular weight is 415 g/mol. The van der Waals surface area contributed by atoms with E-state index in [0.29, 0.717) is 0 Å². The van der Waals surface area contributed by atoms with Crippen LogP contribution in [0.2, 0.25) is 0 Å². The van der Waals surface area contributed by atoms with Gasteiger partial charge in [-0.25, -0.2) is 13.9 Å². The predicted molar refractivity (Wildman–Crippen MR) is 103 cm³/mol. The maximum absolute atomic E-state index is 13.4. The molecule has 0 saturated carbocycles. The lowest BCUT2D eigenvalue weighted by Crippen LogP contribution is -2.40. The molecule has 3 rings (SSSR count). The number of hydrogen-bond acceptors (Lipinski definition) is 5. The lowest BCUT2D eigenvalue weighted by atomic mass is 10.00. The van der Waals surface area contributed by atoms with Crippen LogP contribution in [0.1, 0.15) is 22.1 Å². The van der Waals surface area contributed by atoms with Crippen LogP contribution in [0, 0.1) is 5.82 Å². The molecular weight excluding hydrogens is 397 g/mol. The Labute approximate surface area is 169 Å². The fourth-order valence-corrected chi connectivity index (χ4v) is 2.93. The van der Waals surface area contributed by atoms with E-state index >= 15 is 0 Å². The first-order valence-corrected chi connectivity index (χ1v) is 8.74. The van der Waals surface area contributed by atoms with Crippen molar-refractivity contribution in [1.29, 1.82) is 0 Å². The van der Waals surface area contributed by atoms with Gasteiger partial charge in [-0.2, -0.15) is 0 Å². The number of rotatable bonds is 7. The van der Waals surface area contributed by atoms with Gasteiger partial charge in [-0.3, -0.25) is 14.7 Å². The molecule has 9 nitrogen and oxygen atoms in total. The summed E-state index contributed by atoms with van der Waals surface area (Å²) in [5.74, 6) is -2.72. The normalized spacial score (nSPS) is 12.8. The predicted octanol–water partition coefficient (Wildman–Crippen LogP) is 1.23. The standard InChI is InChI=1S/C20H18FN3O6/c1-30-15-8-3-2-7-13(15)17(18(26)20(28)29)22-19(27)14-10-16(25)24(23-14)12-6-4-5-11(21)9-12/h2-10,17-18,23,26H,1H3,(H,22,27)(H,28,29)/t17-,18-/m1/s1. The van der Waals surface area contributed by atoms with E-state index in [1.807, 2.05) is 0 Å². The number of nitrogens with zero attached hydrogens (tertiary/aromatic N) is 1. The molecule has 0 fully saturated rings. The van der Waals surface area contributed by atoms with Crippen molar-refractivity contribution in [3.8, 4) is 11.4 Å². The second-order valence-electron chi connectivity index (χ2n) is 6.30. The van der Waals surface area contributed by atoms with Crippen LogP contribution in [0.25, 0.3) is 5.69 Å². The SMILES string of the molecule is COc1ccccc1[C@@H](NC(=O)c1cc(=O)n(-c2cccc(F)c2)[nH]1)[C@@H](O)C(=O)O. The van der Waals surface area contributed by atoms with Crippen molar-refractivity contribution in [3.63, 3.8) is 0 Å². The summed E-state index contributed by atoms with van der Waals surface area (Å²) < 4.78 is 19.6. The largest absolute Gasteiger partial charge is 0.496 e. The van der Waals surface area contributed by atoms with E-state index in [0.717, 1.165) is 16.8 Å². The van der Waals surface area contributed by atoms with Gasteiger partial charge in [0.2, 0.25) is 0 Å². The number of ether oxygens (including phenoxy) is 1. The molecule has 1 heterocycles. The fraction of sp³-hybridized carbons (Fsp3) is 0.150. The number of amides is 1. The number of halogens is 1. The summed E-state index contributed by atoms with van der Waals surface area (Å²) >= 11 is 0. The van der Waals surface area contributed by atoms with E-state index in [-0.39, 0.29) is 22.7 Å². The molecule has 30 heavy (non-hydrogen) atoms. The van der Waals surface area contributed by atoms with Crippen LogP contribution < -0.4 is 15.6 Å². The van der Waals surface area contributed by atoms with E-state index in [1.165, 1.54) is 31.4 Å². The highest BCUT2D eigenvalue weighted by Crippen LogP contribution is 2.27. The minimum Gasteiger partial charge on any atom is -0.496 e. The lowest BCUT2D eigenvalue weighted by Gasteiger charge is -2.23. The second kappa shape index (κ2) is 8.62. The van der Waals surface area contributed by atoms with Crippen LogP contribution in [0.5, 0.6) is 5.75 Å². The van der Waals surface area contributed by atoms with Crippen LogP contribution >= 0.6 is 0 Å². The van der Waals surface area contributed by atoms with Gasteiger partial charge in [-0.15, -0.1) is 0 Å². The molecule has 1 aromatic heterocycles. The van der Waals surface area contributed by atoms with Gasteiger partial charge in [0.25, 0.3) is 11.5 Å². The number of benzene rings is 2. The molecule has 0 aliphatic rings. The van der Waals surface area contributed by atoms with Crippen molar-refractivity contribution in [1.82, 2.24) is 15.1 Å². The summed E-state index contributed by atoms with van der Waals surface area (Å²) in [6.07, 6.45) is -1.98. The Bertz CT molecular complexity index is 1140. The Kier molecular flexibility index (Phi) is 5.98. The fourth-order valence-electron chi connectivity index (χ4n) is 2.93. The number of aromatic amines is 1. The number of nitrogens with one attached hydrogen (secondary N) is 2. The molecule has 0 saturated heterocycles. The number of aromatic nitrogens is 2. The first-order chi connectivity index (χ1) is 14.3. The zero-order valence-electron chi connectivity index (χ0n) is 15.7. The third-order valence-electron chi connectivity index (χ3n) is 4.36. The Morgan fingerprint density at radius 3 is 2.57 bits per heavy atom. The molecule has 0 radical (unpaired) electrons. The maximum Gasteiger partial charge on any atom is 0.335 e. The number of carboxylic acid groups (broad SMARTS) is 1. The first-order valence-electron chi connectivity index (χ1n) is 8.74. The molecule has 1 amide bonds. The van der Waals surface area contributed by atoms with Gasteiger partial charge in [0, 0.05) is 11.6 Å². The molecule has 0 bridgehead atoms. The molecule has 4 N–H and O–H groups in total. The summed E-state index contributed by atoms with van der Waals surface area (Å²) in [6.45, 7) is 0. The molecule has 2 aromatic carbocycles. The van der Waals surface area contributed by atoms with E-state index in [2.05, 4.69) is 10.4 Å². The van der Waals surface area contributed by atoms with Gasteiger partial charge >= 0.3 is 5.97 Å². The van der Waals surface area contributed by atoms with Crippen molar-refractivity contribution < 1.29 is 28.9 Å². The van der Waals surface area contributed by atoms with Crippen molar-refractivity contribution in [2.24, 2.45) is 0 Å². The van der Waals surface area contributed by atoms with Crippen LogP contribution in [-0.4, -0.2) is 45.1 Å². The zero-order valence-corrected chi connectivity index (χ0v) is 15.7. The number of hydrogen-bond donors (Lipinski definition) is 4. The van der Waals surface area contributed by atoms with E-state index < -0.39 is 35.4 Å². The first kappa shape index (κ1) is 20.8. The number of aliphatic hydroxyl groups is 1. The number of aliphatic carboxylic acids is 1. The smallest absolute Gasteiger partial charge is 0.335 e. The highest BCUT2D eigenvalue weighted by molar-refractivity contribution is 5.93. The number of carbonyl (C=O) groups is 2. The monoisotopic (exact) mass is 415 g/mol. The highest BCUT2D eigenvalue weighted by Gasteiger charge is 2.31. The van der Waals surface area contributed by atoms with Crippen LogP contribution in [0.3, 0.4) is 0 Å². The second-order valence-corrected chi connectivity index (χ2v) is 6.30. The third-order valence-corrected chi connectivity index (χ3v) is 4.36. The number of carbonyl (C=O) groups excluding carboxylic acids is 1. The molecule has 156 valence electrons. The minimum atomic E-state index is -1.98. The molecule has 0 spiro atoms. The van der Waals surface area contributed by atoms with Crippen LogP contribution in [0.15, 0.2) is 59.4 Å². The Balaban J connectivity index is 1.94. The number of carboxylic acids is 1. The summed E-state index contributed by atoms with van der Waals surface area (Å²) in [5, 5.41) is 24.3. The van der Waals surface area contributed by atoms with Gasteiger partial charge in [-0.1, -0.05) is 24.3 Å². The van der Waals surface area contributed by atoms with Gasteiger partial charge in [0.05, 0.1) is 18.8 Å². The van der Waals surface area contributed by atoms with E-state index in [9.17, 15) is 29.0 Å². The van der Waals surface area contributed by atoms with Crippen molar-refractivity contribution >= 4 is 11.9 Å². The van der Waals surface area contributed by atoms with Gasteiger partial charge in [-0.05, 0) is 24.3 Å². The molecule has 0 aliphatic heterocycles. The van der Waals surface area contributed by atoms with Crippen molar-refractivity contribution in [2.45, 2.75) is 12.1 Å².